The summed E-state index contributed by atoms with van der Waals surface area (Å²) in [6, 6.07) is 0. The summed E-state index contributed by atoms with van der Waals surface area (Å²) in [7, 11) is 0. The van der Waals surface area contributed by atoms with Crippen molar-refractivity contribution in [1.82, 2.24) is 0 Å². The Kier molecular flexibility index (Phi) is 5.58. The second-order valence-corrected chi connectivity index (χ2v) is 6.30. The molecule has 6 nitrogen and oxygen atoms in total. The highest BCUT2D eigenvalue weighted by Gasteiger charge is 2.51. The molecule has 21 heavy (non-hydrogen) atoms. The quantitative estimate of drug-likeness (QED) is 0.465. The third-order valence-corrected chi connectivity index (χ3v) is 4.63. The van der Waals surface area contributed by atoms with Crippen LogP contribution in [0, 0.1) is 17.8 Å². The average Bonchev–Trinajstić information content (AvgIpc) is 2.63. The molecule has 0 spiro atoms. The molecule has 0 radical (unpaired) electrons. The lowest BCUT2D eigenvalue weighted by Gasteiger charge is -2.33. The normalized spacial score (nSPS) is 34.3. The Hall–Kier alpha value is -1.14. The van der Waals surface area contributed by atoms with E-state index in [1.165, 1.54) is 0 Å². The van der Waals surface area contributed by atoms with Crippen LogP contribution < -0.4 is 0 Å². The third kappa shape index (κ3) is 4.17. The molecule has 0 amide bonds. The van der Waals surface area contributed by atoms with Gasteiger partial charge in [-0.05, 0) is 50.9 Å². The first-order valence-electron chi connectivity index (χ1n) is 7.75. The molecule has 0 heterocycles. The molecule has 0 aliphatic heterocycles. The highest BCUT2D eigenvalue weighted by molar-refractivity contribution is 5.93. The Morgan fingerprint density at radius 3 is 2.95 bits per heavy atom. The van der Waals surface area contributed by atoms with Crippen molar-refractivity contribution < 1.29 is 25.0 Å². The number of carbonyl (C=O) groups is 1. The summed E-state index contributed by atoms with van der Waals surface area (Å²) in [4.78, 5) is 15.5. The molecular weight excluding hydrogens is 274 g/mol. The van der Waals surface area contributed by atoms with E-state index in [0.717, 1.165) is 31.4 Å². The summed E-state index contributed by atoms with van der Waals surface area (Å²) < 4.78 is 0. The van der Waals surface area contributed by atoms with Gasteiger partial charge in [-0.3, -0.25) is 4.79 Å². The smallest absolute Gasteiger partial charge is 0.303 e. The number of oxime groups is 1. The Bertz CT molecular complexity index is 396. The first kappa shape index (κ1) is 16.2. The SMILES string of the molecule is CC(O)CCC1CC2C(=NOCCCC(=O)O)CC2C1O. The zero-order chi connectivity index (χ0) is 15.4. The molecule has 0 saturated heterocycles. The minimum absolute atomic E-state index is 0.0943. The predicted octanol–water partition coefficient (Wildman–Crippen LogP) is 1.40. The van der Waals surface area contributed by atoms with Crippen molar-refractivity contribution in [3.63, 3.8) is 0 Å². The minimum Gasteiger partial charge on any atom is -0.481 e. The van der Waals surface area contributed by atoms with Gasteiger partial charge in [0.05, 0.1) is 17.9 Å². The number of aliphatic carboxylic acids is 1. The summed E-state index contributed by atoms with van der Waals surface area (Å²) >= 11 is 0. The van der Waals surface area contributed by atoms with Crippen LogP contribution in [0.15, 0.2) is 5.16 Å². The number of hydrogen-bond donors (Lipinski definition) is 3. The van der Waals surface area contributed by atoms with Crippen molar-refractivity contribution in [2.24, 2.45) is 22.9 Å². The second-order valence-electron chi connectivity index (χ2n) is 6.30. The molecular formula is C15H25NO5. The molecule has 0 aromatic carbocycles. The number of hydrogen-bond acceptors (Lipinski definition) is 5. The fourth-order valence-electron chi connectivity index (χ4n) is 3.37. The number of nitrogens with zero attached hydrogens (tertiary/aromatic N) is 1. The lowest BCUT2D eigenvalue weighted by Crippen LogP contribution is -2.38. The molecule has 0 aromatic heterocycles. The standard InChI is InChI=1S/C15H25NO5/c1-9(17)4-5-10-7-11-12(15(10)20)8-13(11)16-21-6-2-3-14(18)19/h9-12,15,17,20H,2-8H2,1H3,(H,18,19). The Labute approximate surface area is 124 Å². The number of fused-ring (bicyclic) bond motifs is 1. The van der Waals surface area contributed by atoms with Crippen LogP contribution in [-0.2, 0) is 9.63 Å². The maximum absolute atomic E-state index is 10.4. The third-order valence-electron chi connectivity index (χ3n) is 4.63. The Morgan fingerprint density at radius 1 is 1.52 bits per heavy atom. The zero-order valence-corrected chi connectivity index (χ0v) is 12.4. The van der Waals surface area contributed by atoms with Crippen molar-refractivity contribution in [3.05, 3.63) is 0 Å². The van der Waals surface area contributed by atoms with E-state index < -0.39 is 5.97 Å². The number of carboxylic acid groups (broad SMARTS) is 1. The Balaban J connectivity index is 1.72. The maximum atomic E-state index is 10.4. The van der Waals surface area contributed by atoms with E-state index in [1.54, 1.807) is 6.92 Å². The van der Waals surface area contributed by atoms with E-state index in [-0.39, 0.29) is 30.5 Å². The predicted molar refractivity (Wildman–Crippen MR) is 76.9 cm³/mol. The molecule has 2 rings (SSSR count). The summed E-state index contributed by atoms with van der Waals surface area (Å²) in [5.74, 6) is 0.00739. The maximum Gasteiger partial charge on any atom is 0.303 e. The summed E-state index contributed by atoms with van der Waals surface area (Å²) in [5, 5.41) is 32.2. The van der Waals surface area contributed by atoms with Gasteiger partial charge in [0.2, 0.25) is 0 Å². The van der Waals surface area contributed by atoms with Crippen LogP contribution in [-0.4, -0.2) is 45.8 Å². The van der Waals surface area contributed by atoms with Gasteiger partial charge >= 0.3 is 5.97 Å². The van der Waals surface area contributed by atoms with Gasteiger partial charge in [0.1, 0.15) is 6.61 Å². The molecule has 2 aliphatic carbocycles. The second kappa shape index (κ2) is 7.22. The van der Waals surface area contributed by atoms with Crippen LogP contribution in [0.4, 0.5) is 0 Å². The van der Waals surface area contributed by atoms with E-state index in [4.69, 9.17) is 9.94 Å². The van der Waals surface area contributed by atoms with Crippen molar-refractivity contribution in [1.29, 1.82) is 0 Å². The largest absolute Gasteiger partial charge is 0.481 e. The Morgan fingerprint density at radius 2 is 2.29 bits per heavy atom. The van der Waals surface area contributed by atoms with E-state index in [0.29, 0.717) is 18.9 Å². The molecule has 0 bridgehead atoms. The van der Waals surface area contributed by atoms with Gasteiger partial charge in [-0.1, -0.05) is 5.16 Å². The monoisotopic (exact) mass is 299 g/mol. The molecule has 120 valence electrons. The van der Waals surface area contributed by atoms with Crippen LogP contribution in [0.25, 0.3) is 0 Å². The van der Waals surface area contributed by atoms with Crippen molar-refractivity contribution in [2.75, 3.05) is 6.61 Å². The molecule has 3 N–H and O–H groups in total. The van der Waals surface area contributed by atoms with Crippen molar-refractivity contribution in [2.45, 2.75) is 57.7 Å². The highest BCUT2D eigenvalue weighted by Crippen LogP contribution is 2.49. The first-order valence-corrected chi connectivity index (χ1v) is 7.75. The highest BCUT2D eigenvalue weighted by atomic mass is 16.6. The fourth-order valence-corrected chi connectivity index (χ4v) is 3.37. The van der Waals surface area contributed by atoms with E-state index in [2.05, 4.69) is 5.16 Å². The molecule has 5 atom stereocenters. The summed E-state index contributed by atoms with van der Waals surface area (Å²) in [6.07, 6.45) is 3.20. The zero-order valence-electron chi connectivity index (χ0n) is 12.4. The van der Waals surface area contributed by atoms with Crippen molar-refractivity contribution in [3.8, 4) is 0 Å². The number of aliphatic hydroxyl groups is 2. The van der Waals surface area contributed by atoms with Gasteiger partial charge in [0, 0.05) is 12.3 Å². The topological polar surface area (TPSA) is 99.4 Å². The fraction of sp³-hybridized carbons (Fsp3) is 0.867. The van der Waals surface area contributed by atoms with Gasteiger partial charge in [-0.25, -0.2) is 0 Å². The molecule has 2 saturated carbocycles. The summed E-state index contributed by atoms with van der Waals surface area (Å²) in [5.41, 5.74) is 0.994. The van der Waals surface area contributed by atoms with Gasteiger partial charge in [0.15, 0.2) is 0 Å². The molecule has 2 fully saturated rings. The van der Waals surface area contributed by atoms with Crippen LogP contribution in [0.1, 0.15) is 45.4 Å². The van der Waals surface area contributed by atoms with Gasteiger partial charge in [-0.15, -0.1) is 0 Å². The van der Waals surface area contributed by atoms with Crippen LogP contribution >= 0.6 is 0 Å². The van der Waals surface area contributed by atoms with Gasteiger partial charge in [0.25, 0.3) is 0 Å². The van der Waals surface area contributed by atoms with E-state index in [9.17, 15) is 15.0 Å². The van der Waals surface area contributed by atoms with Gasteiger partial charge in [-0.2, -0.15) is 0 Å². The number of aliphatic hydroxyl groups excluding tert-OH is 2. The molecule has 5 unspecified atom stereocenters. The average molecular weight is 299 g/mol. The number of carboxylic acids is 1. The molecule has 2 aliphatic rings. The number of rotatable bonds is 8. The lowest BCUT2D eigenvalue weighted by atomic mass is 9.73. The van der Waals surface area contributed by atoms with Gasteiger partial charge < -0.3 is 20.2 Å². The lowest BCUT2D eigenvalue weighted by molar-refractivity contribution is -0.137. The van der Waals surface area contributed by atoms with Crippen molar-refractivity contribution >= 4 is 11.7 Å². The van der Waals surface area contributed by atoms with Crippen LogP contribution in [0.2, 0.25) is 0 Å². The summed E-state index contributed by atoms with van der Waals surface area (Å²) in [6.45, 7) is 2.09. The van der Waals surface area contributed by atoms with E-state index >= 15 is 0 Å². The molecule has 6 heteroatoms. The molecule has 0 aromatic rings. The minimum atomic E-state index is -0.824. The first-order chi connectivity index (χ1) is 9.99. The van der Waals surface area contributed by atoms with E-state index in [1.807, 2.05) is 0 Å². The van der Waals surface area contributed by atoms with Crippen LogP contribution in [0.5, 0.6) is 0 Å². The van der Waals surface area contributed by atoms with Crippen LogP contribution in [0.3, 0.4) is 0 Å².